The number of aliphatic hydroxyl groups excluding tert-OH is 1. The highest BCUT2D eigenvalue weighted by atomic mass is 32.2. The smallest absolute Gasteiger partial charge is 0.354 e. The van der Waals surface area contributed by atoms with Crippen LogP contribution in [-0.2, 0) is 15.3 Å². The summed E-state index contributed by atoms with van der Waals surface area (Å²) in [4.78, 5) is 28.8. The number of pyridine rings is 1. The highest BCUT2D eigenvalue weighted by Crippen LogP contribution is 2.54. The van der Waals surface area contributed by atoms with E-state index in [1.54, 1.807) is 19.3 Å². The number of rotatable bonds is 5. The monoisotopic (exact) mass is 338 g/mol. The van der Waals surface area contributed by atoms with Crippen molar-refractivity contribution < 1.29 is 19.8 Å². The van der Waals surface area contributed by atoms with Crippen molar-refractivity contribution in [1.82, 2.24) is 9.88 Å². The molecule has 8 heteroatoms. The van der Waals surface area contributed by atoms with E-state index in [0.717, 1.165) is 5.56 Å². The van der Waals surface area contributed by atoms with Crippen LogP contribution in [0.4, 0.5) is 0 Å². The van der Waals surface area contributed by atoms with E-state index < -0.39 is 18.0 Å². The number of amides is 1. The molecular weight excluding hydrogens is 324 g/mol. The van der Waals surface area contributed by atoms with Gasteiger partial charge in [0.05, 0.1) is 16.3 Å². The number of hydrogen-bond donors (Lipinski definition) is 2. The fourth-order valence-corrected chi connectivity index (χ4v) is 5.34. The molecule has 22 heavy (non-hydrogen) atoms. The fourth-order valence-electron chi connectivity index (χ4n) is 2.48. The van der Waals surface area contributed by atoms with Crippen LogP contribution in [0.3, 0.4) is 0 Å². The van der Waals surface area contributed by atoms with Crippen molar-refractivity contribution in [2.75, 3.05) is 0 Å². The maximum absolute atomic E-state index is 12.1. The van der Waals surface area contributed by atoms with Crippen molar-refractivity contribution in [1.29, 1.82) is 0 Å². The molecule has 1 unspecified atom stereocenters. The van der Waals surface area contributed by atoms with E-state index in [1.165, 1.54) is 28.4 Å². The Morgan fingerprint density at radius 1 is 1.59 bits per heavy atom. The van der Waals surface area contributed by atoms with Gasteiger partial charge in [0, 0.05) is 18.1 Å². The van der Waals surface area contributed by atoms with Gasteiger partial charge < -0.3 is 10.2 Å². The summed E-state index contributed by atoms with van der Waals surface area (Å²) in [7, 11) is 0. The summed E-state index contributed by atoms with van der Waals surface area (Å²) in [5.74, 6) is -1.38. The second kappa shape index (κ2) is 5.94. The number of carbonyl (C=O) groups excluding carboxylic acids is 1. The number of aromatic nitrogens is 1. The second-order valence-electron chi connectivity index (χ2n) is 5.07. The van der Waals surface area contributed by atoms with Crippen molar-refractivity contribution >= 4 is 35.4 Å². The molecule has 3 atom stereocenters. The van der Waals surface area contributed by atoms with Gasteiger partial charge in [-0.05, 0) is 18.6 Å². The van der Waals surface area contributed by atoms with E-state index in [2.05, 4.69) is 4.98 Å². The molecule has 2 N–H and O–H groups in total. The van der Waals surface area contributed by atoms with Gasteiger partial charge in [-0.3, -0.25) is 14.7 Å². The normalized spacial score (nSPS) is 25.0. The van der Waals surface area contributed by atoms with Crippen molar-refractivity contribution in [3.8, 4) is 0 Å². The highest BCUT2D eigenvalue weighted by molar-refractivity contribution is 8.22. The Morgan fingerprint density at radius 2 is 2.36 bits per heavy atom. The third kappa shape index (κ3) is 2.51. The lowest BCUT2D eigenvalue weighted by Crippen LogP contribution is -2.60. The fraction of sp³-hybridized carbons (Fsp3) is 0.357. The minimum atomic E-state index is -1.11. The summed E-state index contributed by atoms with van der Waals surface area (Å²) in [5.41, 5.74) is 1.02. The molecule has 0 spiro atoms. The van der Waals surface area contributed by atoms with Crippen LogP contribution in [0.2, 0.25) is 0 Å². The summed E-state index contributed by atoms with van der Waals surface area (Å²) in [5, 5.41) is 18.7. The van der Waals surface area contributed by atoms with Gasteiger partial charge in [-0.2, -0.15) is 0 Å². The number of nitrogens with zero attached hydrogens (tertiary/aromatic N) is 2. The lowest BCUT2D eigenvalue weighted by atomic mass is 9.92. The topological polar surface area (TPSA) is 90.7 Å². The van der Waals surface area contributed by atoms with E-state index >= 15 is 0 Å². The van der Waals surface area contributed by atoms with Gasteiger partial charge in [0.1, 0.15) is 5.37 Å². The molecule has 1 aromatic rings. The van der Waals surface area contributed by atoms with Gasteiger partial charge in [-0.1, -0.05) is 17.8 Å². The predicted octanol–water partition coefficient (Wildman–Crippen LogP) is 1.48. The van der Waals surface area contributed by atoms with Gasteiger partial charge in [0.2, 0.25) is 5.91 Å². The van der Waals surface area contributed by atoms with Crippen LogP contribution in [0, 0.1) is 5.92 Å². The molecule has 0 bridgehead atoms. The summed E-state index contributed by atoms with van der Waals surface area (Å²) < 4.78 is 0.609. The number of carbonyl (C=O) groups is 2. The quantitative estimate of drug-likeness (QED) is 0.786. The van der Waals surface area contributed by atoms with Crippen molar-refractivity contribution in [2.45, 2.75) is 24.2 Å². The zero-order valence-corrected chi connectivity index (χ0v) is 13.3. The summed E-state index contributed by atoms with van der Waals surface area (Å²) >= 11 is 2.73. The van der Waals surface area contributed by atoms with Crippen LogP contribution >= 0.6 is 23.5 Å². The number of fused-ring (bicyclic) bond motifs is 1. The zero-order chi connectivity index (χ0) is 15.9. The van der Waals surface area contributed by atoms with Crippen LogP contribution in [0.5, 0.6) is 0 Å². The minimum absolute atomic E-state index is 0.0331. The molecule has 2 aliphatic rings. The molecule has 6 nitrogen and oxygen atoms in total. The Morgan fingerprint density at radius 3 is 2.95 bits per heavy atom. The van der Waals surface area contributed by atoms with Crippen LogP contribution < -0.4 is 0 Å². The lowest BCUT2D eigenvalue weighted by molar-refractivity contribution is -0.156. The van der Waals surface area contributed by atoms with Crippen LogP contribution in [-0.4, -0.2) is 43.5 Å². The van der Waals surface area contributed by atoms with E-state index in [-0.39, 0.29) is 17.0 Å². The van der Waals surface area contributed by atoms with Gasteiger partial charge in [-0.25, -0.2) is 4.79 Å². The van der Waals surface area contributed by atoms with Crippen molar-refractivity contribution in [3.63, 3.8) is 0 Å². The Balaban J connectivity index is 1.78. The number of carboxylic acids is 1. The minimum Gasteiger partial charge on any atom is -0.477 e. The van der Waals surface area contributed by atoms with Gasteiger partial charge in [0.15, 0.2) is 5.70 Å². The van der Waals surface area contributed by atoms with E-state index in [4.69, 9.17) is 0 Å². The molecule has 0 aromatic carbocycles. The largest absolute Gasteiger partial charge is 0.477 e. The number of β-lactam (4-membered cyclic amide) rings is 1. The molecule has 1 aromatic heterocycles. The average Bonchev–Trinajstić information content (AvgIpc) is 2.80. The maximum atomic E-state index is 12.1. The van der Waals surface area contributed by atoms with Crippen molar-refractivity contribution in [3.05, 3.63) is 40.0 Å². The van der Waals surface area contributed by atoms with E-state index in [0.29, 0.717) is 9.99 Å². The molecule has 3 rings (SSSR count). The lowest BCUT2D eigenvalue weighted by Gasteiger charge is -2.43. The summed E-state index contributed by atoms with van der Waals surface area (Å²) in [6.45, 7) is 1.56. The number of aliphatic carboxylic acids is 1. The molecule has 116 valence electrons. The van der Waals surface area contributed by atoms with E-state index in [9.17, 15) is 19.8 Å². The van der Waals surface area contributed by atoms with E-state index in [1.807, 2.05) is 12.1 Å². The van der Waals surface area contributed by atoms with Crippen LogP contribution in [0.25, 0.3) is 0 Å². The molecule has 0 radical (unpaired) electrons. The van der Waals surface area contributed by atoms with Crippen LogP contribution in [0.1, 0.15) is 12.5 Å². The van der Waals surface area contributed by atoms with Crippen molar-refractivity contribution in [2.24, 2.45) is 5.92 Å². The Hall–Kier alpha value is -1.51. The first kappa shape index (κ1) is 15.4. The SMILES string of the molecule is CC(O)[C@H]1C(=O)N2C(C(=O)O)=C(SCc3cccnc3)S[C@H]12. The molecule has 2 aliphatic heterocycles. The summed E-state index contributed by atoms with van der Waals surface area (Å²) in [6, 6.07) is 3.74. The molecule has 1 fully saturated rings. The number of carboxylic acid groups (broad SMARTS) is 1. The van der Waals surface area contributed by atoms with Gasteiger partial charge in [0.25, 0.3) is 0 Å². The van der Waals surface area contributed by atoms with Gasteiger partial charge >= 0.3 is 5.97 Å². The van der Waals surface area contributed by atoms with Crippen LogP contribution in [0.15, 0.2) is 34.5 Å². The molecule has 0 aliphatic carbocycles. The third-order valence-corrected chi connectivity index (χ3v) is 6.29. The second-order valence-corrected chi connectivity index (χ2v) is 7.45. The standard InChI is InChI=1S/C14H14N2O4S2/c1-7(17)9-11(18)16-10(13(19)20)14(22-12(9)16)21-6-8-3-2-4-15-5-8/h2-5,7,9,12,17H,6H2,1H3,(H,19,20)/t7?,9-,12+/m0/s1. The first-order valence-corrected chi connectivity index (χ1v) is 8.54. The molecule has 1 amide bonds. The first-order valence-electron chi connectivity index (χ1n) is 6.67. The van der Waals surface area contributed by atoms with Gasteiger partial charge in [-0.15, -0.1) is 11.8 Å². The Labute approximate surface area is 135 Å². The molecule has 1 saturated heterocycles. The molecular formula is C14H14N2O4S2. The number of aliphatic hydroxyl groups is 1. The maximum Gasteiger partial charge on any atom is 0.354 e. The number of hydrogen-bond acceptors (Lipinski definition) is 6. The number of thioether (sulfide) groups is 2. The molecule has 0 saturated carbocycles. The molecule has 3 heterocycles. The third-order valence-electron chi connectivity index (χ3n) is 3.56. The zero-order valence-electron chi connectivity index (χ0n) is 11.7. The first-order chi connectivity index (χ1) is 10.5. The predicted molar refractivity (Wildman–Crippen MR) is 83.6 cm³/mol. The Kier molecular flexibility index (Phi) is 4.16. The Bertz CT molecular complexity index is 648. The average molecular weight is 338 g/mol. The highest BCUT2D eigenvalue weighted by Gasteiger charge is 2.57. The summed E-state index contributed by atoms with van der Waals surface area (Å²) in [6.07, 6.45) is 2.63.